The molecule has 1 fully saturated rings. The Kier molecular flexibility index (Phi) is 6.99. The van der Waals surface area contributed by atoms with E-state index in [0.717, 1.165) is 53.3 Å². The van der Waals surface area contributed by atoms with Gasteiger partial charge in [0.05, 0.1) is 25.3 Å². The van der Waals surface area contributed by atoms with Crippen LogP contribution in [0.5, 0.6) is 5.75 Å². The molecule has 1 saturated heterocycles. The third-order valence-corrected chi connectivity index (χ3v) is 5.32. The van der Waals surface area contributed by atoms with E-state index in [-0.39, 0.29) is 6.10 Å². The highest BCUT2D eigenvalue weighted by Gasteiger charge is 2.18. The highest BCUT2D eigenvalue weighted by Crippen LogP contribution is 2.24. The minimum absolute atomic E-state index is 0.120. The van der Waals surface area contributed by atoms with Gasteiger partial charge in [0.1, 0.15) is 11.9 Å². The van der Waals surface area contributed by atoms with Gasteiger partial charge in [0.2, 0.25) is 0 Å². The second-order valence-electron chi connectivity index (χ2n) is 7.76. The fourth-order valence-electron chi connectivity index (χ4n) is 3.68. The Labute approximate surface area is 183 Å². The van der Waals surface area contributed by atoms with Gasteiger partial charge in [0.15, 0.2) is 5.96 Å². The van der Waals surface area contributed by atoms with Gasteiger partial charge in [-0.05, 0) is 37.1 Å². The van der Waals surface area contributed by atoms with Crippen LogP contribution >= 0.6 is 0 Å². The van der Waals surface area contributed by atoms with Crippen LogP contribution in [0.1, 0.15) is 30.0 Å². The molecule has 2 aromatic carbocycles. The van der Waals surface area contributed by atoms with Gasteiger partial charge in [-0.2, -0.15) is 0 Å². The number of para-hydroxylation sites is 1. The Morgan fingerprint density at radius 3 is 2.90 bits per heavy atom. The number of guanidine groups is 1. The van der Waals surface area contributed by atoms with Crippen LogP contribution in [-0.2, 0) is 17.8 Å². The molecule has 6 heteroatoms. The van der Waals surface area contributed by atoms with Gasteiger partial charge in [0.25, 0.3) is 0 Å². The summed E-state index contributed by atoms with van der Waals surface area (Å²) in [4.78, 5) is 9.35. The molecule has 1 unspecified atom stereocenters. The third kappa shape index (κ3) is 5.52. The lowest BCUT2D eigenvalue weighted by atomic mass is 10.1. The van der Waals surface area contributed by atoms with Crippen molar-refractivity contribution < 1.29 is 9.47 Å². The normalized spacial score (nSPS) is 16.5. The first-order chi connectivity index (χ1) is 15.2. The van der Waals surface area contributed by atoms with Crippen molar-refractivity contribution in [1.29, 1.82) is 0 Å². The zero-order chi connectivity index (χ0) is 21.5. The number of ether oxygens (including phenoxy) is 2. The van der Waals surface area contributed by atoms with Crippen LogP contribution < -0.4 is 15.4 Å². The number of nitrogens with zero attached hydrogens (tertiary/aromatic N) is 2. The van der Waals surface area contributed by atoms with Crippen molar-refractivity contribution >= 4 is 16.9 Å². The summed E-state index contributed by atoms with van der Waals surface area (Å²) in [6, 6.07) is 16.6. The lowest BCUT2D eigenvalue weighted by molar-refractivity contribution is 0.140. The predicted molar refractivity (Wildman–Crippen MR) is 124 cm³/mol. The number of rotatable bonds is 7. The third-order valence-electron chi connectivity index (χ3n) is 5.32. The minimum atomic E-state index is 0.120. The number of aromatic nitrogens is 1. The smallest absolute Gasteiger partial charge is 0.191 e. The van der Waals surface area contributed by atoms with E-state index in [1.807, 2.05) is 12.3 Å². The number of nitrogens with one attached hydrogen (secondary N) is 2. The molecule has 31 heavy (non-hydrogen) atoms. The van der Waals surface area contributed by atoms with Crippen molar-refractivity contribution in [2.75, 3.05) is 19.8 Å². The maximum absolute atomic E-state index is 6.21. The Bertz CT molecular complexity index is 1040. The van der Waals surface area contributed by atoms with Gasteiger partial charge >= 0.3 is 0 Å². The molecule has 1 aliphatic heterocycles. The van der Waals surface area contributed by atoms with Crippen molar-refractivity contribution in [2.45, 2.75) is 39.5 Å². The minimum Gasteiger partial charge on any atom is -0.488 e. The standard InChI is InChI=1S/C25H30N4O2/c1-3-26-25(29-16-21-7-4-6-19-8-5-12-27-24(19)21)28-15-20-10-9-18(2)14-23(20)31-22-11-13-30-17-22/h4-10,12,14,22H,3,11,13,15-17H2,1-2H3,(H2,26,28,29). The van der Waals surface area contributed by atoms with E-state index in [4.69, 9.17) is 14.5 Å². The SMILES string of the molecule is CCNC(=NCc1ccc(C)cc1OC1CCOC1)NCc1cccc2cccnc12. The van der Waals surface area contributed by atoms with Gasteiger partial charge in [-0.1, -0.05) is 36.4 Å². The Morgan fingerprint density at radius 1 is 1.16 bits per heavy atom. The number of fused-ring (bicyclic) bond motifs is 1. The largest absolute Gasteiger partial charge is 0.488 e. The van der Waals surface area contributed by atoms with Crippen molar-refractivity contribution in [2.24, 2.45) is 4.99 Å². The quantitative estimate of drug-likeness (QED) is 0.449. The predicted octanol–water partition coefficient (Wildman–Crippen LogP) is 3.97. The summed E-state index contributed by atoms with van der Waals surface area (Å²) in [5.74, 6) is 1.67. The average Bonchev–Trinajstić information content (AvgIpc) is 3.30. The van der Waals surface area contributed by atoms with E-state index in [1.165, 1.54) is 5.56 Å². The second-order valence-corrected chi connectivity index (χ2v) is 7.76. The summed E-state index contributed by atoms with van der Waals surface area (Å²) in [6.45, 7) is 7.53. The molecule has 3 aromatic rings. The molecule has 6 nitrogen and oxygen atoms in total. The van der Waals surface area contributed by atoms with Gasteiger partial charge in [-0.25, -0.2) is 4.99 Å². The lowest BCUT2D eigenvalue weighted by Gasteiger charge is -2.16. The van der Waals surface area contributed by atoms with Gasteiger partial charge < -0.3 is 20.1 Å². The maximum Gasteiger partial charge on any atom is 0.191 e. The molecular formula is C25H30N4O2. The van der Waals surface area contributed by atoms with Gasteiger partial charge in [-0.3, -0.25) is 4.98 Å². The van der Waals surface area contributed by atoms with Crippen LogP contribution in [0.4, 0.5) is 0 Å². The molecule has 1 aromatic heterocycles. The second kappa shape index (κ2) is 10.3. The van der Waals surface area contributed by atoms with Crippen molar-refractivity contribution in [3.8, 4) is 5.75 Å². The number of aryl methyl sites for hydroxylation is 1. The number of hydrogen-bond donors (Lipinski definition) is 2. The monoisotopic (exact) mass is 418 g/mol. The molecule has 1 atom stereocenters. The maximum atomic E-state index is 6.21. The zero-order valence-electron chi connectivity index (χ0n) is 18.2. The summed E-state index contributed by atoms with van der Waals surface area (Å²) in [7, 11) is 0. The molecule has 2 heterocycles. The first-order valence-electron chi connectivity index (χ1n) is 10.9. The van der Waals surface area contributed by atoms with E-state index in [2.05, 4.69) is 71.9 Å². The summed E-state index contributed by atoms with van der Waals surface area (Å²) < 4.78 is 11.7. The van der Waals surface area contributed by atoms with Crippen molar-refractivity contribution in [3.63, 3.8) is 0 Å². The molecule has 1 aliphatic rings. The van der Waals surface area contributed by atoms with E-state index in [1.54, 1.807) is 0 Å². The molecule has 0 saturated carbocycles. The Hall–Kier alpha value is -3.12. The first kappa shape index (κ1) is 21.1. The van der Waals surface area contributed by atoms with Crippen LogP contribution in [0.15, 0.2) is 59.7 Å². The van der Waals surface area contributed by atoms with Crippen LogP contribution in [0, 0.1) is 6.92 Å². The molecule has 0 spiro atoms. The van der Waals surface area contributed by atoms with Crippen molar-refractivity contribution in [1.82, 2.24) is 15.6 Å². The molecular weight excluding hydrogens is 388 g/mol. The summed E-state index contributed by atoms with van der Waals surface area (Å²) in [6.07, 6.45) is 2.88. The Balaban J connectivity index is 1.47. The van der Waals surface area contributed by atoms with Crippen LogP contribution in [0.3, 0.4) is 0 Å². The van der Waals surface area contributed by atoms with E-state index < -0.39 is 0 Å². The molecule has 0 aliphatic carbocycles. The average molecular weight is 419 g/mol. The van der Waals surface area contributed by atoms with E-state index in [0.29, 0.717) is 19.7 Å². The molecule has 0 amide bonds. The fourth-order valence-corrected chi connectivity index (χ4v) is 3.68. The lowest BCUT2D eigenvalue weighted by Crippen LogP contribution is -2.36. The first-order valence-corrected chi connectivity index (χ1v) is 10.9. The summed E-state index contributed by atoms with van der Waals surface area (Å²) in [5.41, 5.74) is 4.40. The summed E-state index contributed by atoms with van der Waals surface area (Å²) in [5, 5.41) is 7.91. The van der Waals surface area contributed by atoms with Crippen LogP contribution in [-0.4, -0.2) is 36.8 Å². The number of aliphatic imine (C=N–C) groups is 1. The number of benzene rings is 2. The topological polar surface area (TPSA) is 67.8 Å². The zero-order valence-corrected chi connectivity index (χ0v) is 18.2. The highest BCUT2D eigenvalue weighted by atomic mass is 16.5. The molecule has 4 rings (SSSR count). The molecule has 0 bridgehead atoms. The molecule has 162 valence electrons. The number of pyridine rings is 1. The molecule has 0 radical (unpaired) electrons. The van der Waals surface area contributed by atoms with Crippen LogP contribution in [0.25, 0.3) is 10.9 Å². The number of hydrogen-bond acceptors (Lipinski definition) is 4. The Morgan fingerprint density at radius 2 is 2.06 bits per heavy atom. The van der Waals surface area contributed by atoms with Gasteiger partial charge in [-0.15, -0.1) is 0 Å². The fraction of sp³-hybridized carbons (Fsp3) is 0.360. The van der Waals surface area contributed by atoms with Gasteiger partial charge in [0, 0.05) is 36.7 Å². The summed E-state index contributed by atoms with van der Waals surface area (Å²) >= 11 is 0. The highest BCUT2D eigenvalue weighted by molar-refractivity contribution is 5.83. The van der Waals surface area contributed by atoms with E-state index in [9.17, 15) is 0 Å². The van der Waals surface area contributed by atoms with Crippen molar-refractivity contribution in [3.05, 3.63) is 71.4 Å². The van der Waals surface area contributed by atoms with Crippen LogP contribution in [0.2, 0.25) is 0 Å². The van der Waals surface area contributed by atoms with E-state index >= 15 is 0 Å². The molecule has 2 N–H and O–H groups in total.